The minimum atomic E-state index is -0.774. The predicted molar refractivity (Wildman–Crippen MR) is 55.5 cm³/mol. The van der Waals surface area contributed by atoms with E-state index in [1.165, 1.54) is 0 Å². The van der Waals surface area contributed by atoms with Crippen molar-refractivity contribution in [3.63, 3.8) is 0 Å². The first-order chi connectivity index (χ1) is 7.09. The fourth-order valence-corrected chi connectivity index (χ4v) is 1.78. The lowest BCUT2D eigenvalue weighted by atomic mass is 10.1. The zero-order valence-corrected chi connectivity index (χ0v) is 9.03. The summed E-state index contributed by atoms with van der Waals surface area (Å²) < 4.78 is 0. The first kappa shape index (κ1) is 12.0. The Morgan fingerprint density at radius 1 is 1.40 bits per heavy atom. The van der Waals surface area contributed by atoms with E-state index in [1.54, 1.807) is 6.92 Å². The van der Waals surface area contributed by atoms with E-state index >= 15 is 0 Å². The van der Waals surface area contributed by atoms with Gasteiger partial charge in [-0.25, -0.2) is 0 Å². The van der Waals surface area contributed by atoms with Crippen LogP contribution in [0.1, 0.15) is 26.2 Å². The summed E-state index contributed by atoms with van der Waals surface area (Å²) in [6, 6.07) is 0.361. The summed E-state index contributed by atoms with van der Waals surface area (Å²) in [5.74, 6) is -0.650. The molecule has 1 amide bonds. The average Bonchev–Trinajstić information content (AvgIpc) is 2.18. The normalized spacial score (nSPS) is 17.8. The largest absolute Gasteiger partial charge is 0.481 e. The summed E-state index contributed by atoms with van der Waals surface area (Å²) in [6.45, 7) is 3.65. The van der Waals surface area contributed by atoms with E-state index in [9.17, 15) is 9.59 Å². The summed E-state index contributed by atoms with van der Waals surface area (Å²) in [5, 5.41) is 11.7. The molecule has 1 heterocycles. The molecule has 1 aliphatic heterocycles. The van der Waals surface area contributed by atoms with Crippen molar-refractivity contribution < 1.29 is 14.7 Å². The van der Waals surface area contributed by atoms with Gasteiger partial charge in [-0.2, -0.15) is 0 Å². The summed E-state index contributed by atoms with van der Waals surface area (Å²) in [5.41, 5.74) is 0. The van der Waals surface area contributed by atoms with Crippen molar-refractivity contribution in [2.75, 3.05) is 19.6 Å². The van der Waals surface area contributed by atoms with Crippen molar-refractivity contribution in [1.29, 1.82) is 0 Å². The van der Waals surface area contributed by atoms with Gasteiger partial charge in [-0.1, -0.05) is 0 Å². The number of piperidine rings is 1. The van der Waals surface area contributed by atoms with Crippen LogP contribution >= 0.6 is 0 Å². The number of aliphatic carboxylic acids is 1. The molecular formula is C10H18N2O3. The van der Waals surface area contributed by atoms with Gasteiger partial charge in [-0.15, -0.1) is 0 Å². The van der Waals surface area contributed by atoms with E-state index in [-0.39, 0.29) is 12.3 Å². The topological polar surface area (TPSA) is 69.6 Å². The third-order valence-electron chi connectivity index (χ3n) is 2.71. The van der Waals surface area contributed by atoms with Crippen LogP contribution in [0.4, 0.5) is 0 Å². The molecule has 0 atom stereocenters. The van der Waals surface area contributed by atoms with Gasteiger partial charge in [-0.3, -0.25) is 9.59 Å². The van der Waals surface area contributed by atoms with Crippen LogP contribution in [0.3, 0.4) is 0 Å². The SMILES string of the molecule is CC(=O)N1CCC(NCCC(=O)O)CC1. The van der Waals surface area contributed by atoms with Crippen molar-refractivity contribution >= 4 is 11.9 Å². The van der Waals surface area contributed by atoms with Crippen LogP contribution in [-0.4, -0.2) is 47.6 Å². The van der Waals surface area contributed by atoms with Gasteiger partial charge in [0.2, 0.25) is 5.91 Å². The van der Waals surface area contributed by atoms with E-state index in [2.05, 4.69) is 5.32 Å². The van der Waals surface area contributed by atoms with Crippen LogP contribution < -0.4 is 5.32 Å². The van der Waals surface area contributed by atoms with E-state index in [4.69, 9.17) is 5.11 Å². The Kier molecular flexibility index (Phi) is 4.55. The highest BCUT2D eigenvalue weighted by Gasteiger charge is 2.19. The molecule has 1 aliphatic rings. The second kappa shape index (κ2) is 5.70. The number of carbonyl (C=O) groups is 2. The molecule has 1 fully saturated rings. The van der Waals surface area contributed by atoms with Crippen LogP contribution in [0.5, 0.6) is 0 Å². The highest BCUT2D eigenvalue weighted by atomic mass is 16.4. The summed E-state index contributed by atoms with van der Waals surface area (Å²) >= 11 is 0. The van der Waals surface area contributed by atoms with Gasteiger partial charge in [0.25, 0.3) is 0 Å². The van der Waals surface area contributed by atoms with Crippen molar-refractivity contribution in [2.45, 2.75) is 32.2 Å². The number of carboxylic acid groups (broad SMARTS) is 1. The number of amides is 1. The highest BCUT2D eigenvalue weighted by molar-refractivity contribution is 5.73. The molecule has 1 rings (SSSR count). The number of hydrogen-bond acceptors (Lipinski definition) is 3. The Hall–Kier alpha value is -1.10. The van der Waals surface area contributed by atoms with Crippen LogP contribution in [0.15, 0.2) is 0 Å². The second-order valence-corrected chi connectivity index (χ2v) is 3.88. The van der Waals surface area contributed by atoms with Gasteiger partial charge in [0, 0.05) is 32.6 Å². The number of nitrogens with one attached hydrogen (secondary N) is 1. The van der Waals surface area contributed by atoms with Crippen molar-refractivity contribution in [2.24, 2.45) is 0 Å². The van der Waals surface area contributed by atoms with E-state index in [0.717, 1.165) is 25.9 Å². The first-order valence-corrected chi connectivity index (χ1v) is 5.30. The Morgan fingerprint density at radius 3 is 2.47 bits per heavy atom. The first-order valence-electron chi connectivity index (χ1n) is 5.30. The van der Waals surface area contributed by atoms with Crippen LogP contribution in [-0.2, 0) is 9.59 Å². The molecule has 0 aromatic heterocycles. The molecule has 1 saturated heterocycles. The minimum absolute atomic E-state index is 0.124. The Morgan fingerprint density at radius 2 is 2.00 bits per heavy atom. The fourth-order valence-electron chi connectivity index (χ4n) is 1.78. The van der Waals surface area contributed by atoms with Gasteiger partial charge < -0.3 is 15.3 Å². The van der Waals surface area contributed by atoms with Crippen LogP contribution in [0.25, 0.3) is 0 Å². The van der Waals surface area contributed by atoms with Gasteiger partial charge >= 0.3 is 5.97 Å². The number of carbonyl (C=O) groups excluding carboxylic acids is 1. The molecule has 0 bridgehead atoms. The summed E-state index contributed by atoms with van der Waals surface area (Å²) in [7, 11) is 0. The Labute approximate surface area is 89.4 Å². The number of nitrogens with zero attached hydrogens (tertiary/aromatic N) is 1. The molecule has 0 aromatic rings. The third kappa shape index (κ3) is 4.29. The van der Waals surface area contributed by atoms with Crippen molar-refractivity contribution in [1.82, 2.24) is 10.2 Å². The number of hydrogen-bond donors (Lipinski definition) is 2. The molecule has 0 spiro atoms. The van der Waals surface area contributed by atoms with Gasteiger partial charge in [0.1, 0.15) is 0 Å². The molecule has 0 saturated carbocycles. The van der Waals surface area contributed by atoms with E-state index < -0.39 is 5.97 Å². The lowest BCUT2D eigenvalue weighted by Crippen LogP contribution is -2.44. The Balaban J connectivity index is 2.14. The molecule has 86 valence electrons. The molecule has 0 radical (unpaired) electrons. The fraction of sp³-hybridized carbons (Fsp3) is 0.800. The summed E-state index contributed by atoms with van der Waals surface area (Å²) in [6.07, 6.45) is 1.99. The summed E-state index contributed by atoms with van der Waals surface area (Å²) in [4.78, 5) is 23.2. The average molecular weight is 214 g/mol. The smallest absolute Gasteiger partial charge is 0.304 e. The lowest BCUT2D eigenvalue weighted by molar-refractivity contribution is -0.136. The van der Waals surface area contributed by atoms with E-state index in [0.29, 0.717) is 12.6 Å². The quantitative estimate of drug-likeness (QED) is 0.694. The highest BCUT2D eigenvalue weighted by Crippen LogP contribution is 2.10. The van der Waals surface area contributed by atoms with Crippen LogP contribution in [0.2, 0.25) is 0 Å². The van der Waals surface area contributed by atoms with Crippen LogP contribution in [0, 0.1) is 0 Å². The molecule has 5 nitrogen and oxygen atoms in total. The number of rotatable bonds is 4. The molecule has 0 aliphatic carbocycles. The van der Waals surface area contributed by atoms with Crippen molar-refractivity contribution in [3.8, 4) is 0 Å². The maximum Gasteiger partial charge on any atom is 0.304 e. The van der Waals surface area contributed by atoms with Gasteiger partial charge in [0.05, 0.1) is 6.42 Å². The van der Waals surface area contributed by atoms with Gasteiger partial charge in [0.15, 0.2) is 0 Å². The maximum absolute atomic E-state index is 11.0. The predicted octanol–water partition coefficient (Wildman–Crippen LogP) is 0.0616. The van der Waals surface area contributed by atoms with E-state index in [1.807, 2.05) is 4.90 Å². The number of carboxylic acids is 1. The molecule has 5 heteroatoms. The second-order valence-electron chi connectivity index (χ2n) is 3.88. The number of likely N-dealkylation sites (tertiary alicyclic amines) is 1. The third-order valence-corrected chi connectivity index (χ3v) is 2.71. The molecule has 0 aromatic carbocycles. The zero-order valence-electron chi connectivity index (χ0n) is 9.03. The minimum Gasteiger partial charge on any atom is -0.481 e. The van der Waals surface area contributed by atoms with Gasteiger partial charge in [-0.05, 0) is 12.8 Å². The zero-order chi connectivity index (χ0) is 11.3. The Bertz CT molecular complexity index is 232. The monoisotopic (exact) mass is 214 g/mol. The standard InChI is InChI=1S/C10H18N2O3/c1-8(13)12-6-3-9(4-7-12)11-5-2-10(14)15/h9,11H,2-7H2,1H3,(H,14,15). The molecule has 2 N–H and O–H groups in total. The maximum atomic E-state index is 11.0. The van der Waals surface area contributed by atoms with Crippen molar-refractivity contribution in [3.05, 3.63) is 0 Å². The molecule has 15 heavy (non-hydrogen) atoms. The molecule has 0 unspecified atom stereocenters. The molecular weight excluding hydrogens is 196 g/mol. The lowest BCUT2D eigenvalue weighted by Gasteiger charge is -2.31.